The number of rotatable bonds is 7. The molecule has 1 nitrogen and oxygen atoms in total. The van der Waals surface area contributed by atoms with Crippen LogP contribution >= 0.6 is 361 Å². The van der Waals surface area contributed by atoms with Crippen molar-refractivity contribution < 1.29 is 5.11 Å². The zero-order valence-electron chi connectivity index (χ0n) is 10.6. The summed E-state index contributed by atoms with van der Waals surface area (Å²) in [5.41, 5.74) is 0. The van der Waals surface area contributed by atoms with Gasteiger partial charge in [-0.2, -0.15) is 0 Å². The van der Waals surface area contributed by atoms with E-state index in [0.717, 1.165) is 0 Å². The number of alkyl halides is 16. The zero-order chi connectivity index (χ0) is 21.1. The van der Waals surface area contributed by atoms with Gasteiger partial charge in [0.15, 0.2) is 0 Å². The highest BCUT2D eigenvalue weighted by Gasteiger charge is 2.75. The highest BCUT2D eigenvalue weighted by atomic mass is 127. The molecule has 0 bridgehead atoms. The minimum Gasteiger partial charge on any atom is -0.380 e. The molecular formula is C8H2I16O. The van der Waals surface area contributed by atoms with Gasteiger partial charge >= 0.3 is 0 Å². The third-order valence-corrected chi connectivity index (χ3v) is 54.3. The van der Waals surface area contributed by atoms with Crippen molar-refractivity contribution >= 4 is 361 Å². The molecule has 0 radical (unpaired) electrons. The average molecular weight is 2140 g/mol. The summed E-state index contributed by atoms with van der Waals surface area (Å²) < 4.78 is -1.33. The van der Waals surface area contributed by atoms with Crippen LogP contribution < -0.4 is 0 Å². The lowest BCUT2D eigenvalue weighted by Crippen LogP contribution is -2.66. The van der Waals surface area contributed by atoms with Gasteiger partial charge < -0.3 is 5.11 Å². The van der Waals surface area contributed by atoms with E-state index in [9.17, 15) is 5.11 Å². The normalized spacial score (nSPS) is 17.6. The van der Waals surface area contributed by atoms with E-state index in [-0.39, 0.29) is 8.01 Å². The minimum atomic E-state index is -0.452. The summed E-state index contributed by atoms with van der Waals surface area (Å²) in [4.78, 5) is 0. The molecule has 0 saturated carbocycles. The number of hydrogen-bond donors (Lipinski definition) is 1. The van der Waals surface area contributed by atoms with Gasteiger partial charge in [-0.15, -0.1) is 0 Å². The monoisotopic (exact) mass is 2140 g/mol. The van der Waals surface area contributed by atoms with Crippen LogP contribution in [0.4, 0.5) is 0 Å². The Morgan fingerprint density at radius 1 is 0.440 bits per heavy atom. The van der Waals surface area contributed by atoms with Gasteiger partial charge in [0.1, 0.15) is 12.1 Å². The van der Waals surface area contributed by atoms with E-state index in [1.807, 2.05) is 0 Å². The molecule has 0 aromatic rings. The Labute approximate surface area is 366 Å². The molecule has 0 amide bonds. The van der Waals surface area contributed by atoms with Gasteiger partial charge in [-0.25, -0.2) is 0 Å². The SMILES string of the molecule is OC(I)C(I)(I)C(I)(I)C(I)(I)C(I)(I)C(I)(I)C(I)(I)C(I)(I)I. The second-order valence-corrected chi connectivity index (χ2v) is 48.5. The van der Waals surface area contributed by atoms with Gasteiger partial charge in [-0.3, -0.25) is 0 Å². The molecule has 25 heavy (non-hydrogen) atoms. The van der Waals surface area contributed by atoms with Crippen molar-refractivity contribution in [2.75, 3.05) is 0 Å². The Morgan fingerprint density at radius 3 is 0.920 bits per heavy atom. The molecular weight excluding hydrogens is 2140 g/mol. The maximum absolute atomic E-state index is 10.5. The smallest absolute Gasteiger partial charge is 0.149 e. The van der Waals surface area contributed by atoms with Crippen molar-refractivity contribution in [3.05, 3.63) is 0 Å². The molecule has 0 aliphatic rings. The first-order chi connectivity index (χ1) is 10.4. The van der Waals surface area contributed by atoms with E-state index < -0.39 is 4.11 Å². The average Bonchev–Trinajstić information content (AvgIpc) is 2.35. The maximum Gasteiger partial charge on any atom is 0.149 e. The molecule has 152 valence electrons. The first-order valence-electron chi connectivity index (χ1n) is 5.10. The predicted octanol–water partition coefficient (Wildman–Crippen LogP) is 12.1. The summed E-state index contributed by atoms with van der Waals surface area (Å²) in [5.74, 6) is 0. The second-order valence-electron chi connectivity index (χ2n) is 4.33. The minimum absolute atomic E-state index is 0.0200. The maximum atomic E-state index is 10.5. The molecule has 1 N–H and O–H groups in total. The summed E-state index contributed by atoms with van der Waals surface area (Å²) in [7, 11) is 0. The standard InChI is InChI=1S/C8H2I16O/c9-1(25)2(10,11)3(12,13)4(14,15)5(16,17)6(18,19)7(20,21)8(22,23)24/h1,25H. The molecule has 0 aromatic heterocycles. The van der Waals surface area contributed by atoms with Gasteiger partial charge in [0.2, 0.25) is 0 Å². The van der Waals surface area contributed by atoms with Gasteiger partial charge in [0, 0.05) is 0 Å². The number of halogens is 16. The van der Waals surface area contributed by atoms with Crippen LogP contribution in [0.5, 0.6) is 0 Å². The van der Waals surface area contributed by atoms with Crippen LogP contribution in [0.3, 0.4) is 0 Å². The third-order valence-electron chi connectivity index (χ3n) is 2.65. The molecule has 0 spiro atoms. The van der Waals surface area contributed by atoms with E-state index in [4.69, 9.17) is 0 Å². The number of aliphatic hydroxyl groups is 1. The van der Waals surface area contributed by atoms with Crippen molar-refractivity contribution in [1.82, 2.24) is 0 Å². The lowest BCUT2D eigenvalue weighted by molar-refractivity contribution is 0.272. The van der Waals surface area contributed by atoms with Crippen LogP contribution in [0, 0.1) is 0 Å². The van der Waals surface area contributed by atoms with E-state index >= 15 is 0 Å². The summed E-state index contributed by atoms with van der Waals surface area (Å²) >= 11 is 40.9. The fraction of sp³-hybridized carbons (Fsp3) is 1.00. The van der Waals surface area contributed by atoms with Crippen molar-refractivity contribution in [2.24, 2.45) is 0 Å². The Bertz CT molecular complexity index is 487. The van der Waals surface area contributed by atoms with Gasteiger partial charge in [0.05, 0.1) is 0 Å². The molecule has 0 rings (SSSR count). The van der Waals surface area contributed by atoms with Crippen LogP contribution in [-0.2, 0) is 0 Å². The van der Waals surface area contributed by atoms with Crippen LogP contribution in [0.2, 0.25) is 0 Å². The summed E-state index contributed by atoms with van der Waals surface area (Å²) in [6, 6.07) is 0. The molecule has 0 aliphatic carbocycles. The van der Waals surface area contributed by atoms with Gasteiger partial charge in [-0.1, -0.05) is 339 Å². The molecule has 0 saturated heterocycles. The summed E-state index contributed by atoms with van der Waals surface area (Å²) in [6.07, 6.45) is 0. The van der Waals surface area contributed by atoms with E-state index in [2.05, 4.69) is 361 Å². The number of hydrogen-bond acceptors (Lipinski definition) is 1. The summed E-state index contributed by atoms with van der Waals surface area (Å²) in [6.45, 7) is 0. The first-order valence-corrected chi connectivity index (χ1v) is 22.5. The lowest BCUT2D eigenvalue weighted by atomic mass is 10.1. The van der Waals surface area contributed by atoms with Gasteiger partial charge in [-0.05, 0) is 22.6 Å². The molecule has 0 aliphatic heterocycles. The van der Waals surface area contributed by atoms with Crippen molar-refractivity contribution in [1.29, 1.82) is 0 Å². The highest BCUT2D eigenvalue weighted by Crippen LogP contribution is 2.78. The fourth-order valence-corrected chi connectivity index (χ4v) is 23.3. The Morgan fingerprint density at radius 2 is 0.680 bits per heavy atom. The first kappa shape index (κ1) is 36.6. The van der Waals surface area contributed by atoms with E-state index in [1.54, 1.807) is 0 Å². The third kappa shape index (κ3) is 7.86. The molecule has 0 aromatic carbocycles. The molecule has 1 unspecified atom stereocenters. The zero-order valence-corrected chi connectivity index (χ0v) is 45.1. The van der Waals surface area contributed by atoms with Crippen molar-refractivity contribution in [2.45, 2.75) is 12.1 Å². The van der Waals surface area contributed by atoms with Crippen molar-refractivity contribution in [3.8, 4) is 0 Å². The molecule has 17 heteroatoms. The van der Waals surface area contributed by atoms with Crippen LogP contribution in [0.25, 0.3) is 0 Å². The molecule has 1 atom stereocenters. The number of aliphatic hydroxyl groups excluding tert-OH is 1. The van der Waals surface area contributed by atoms with Crippen molar-refractivity contribution in [3.63, 3.8) is 0 Å². The van der Waals surface area contributed by atoms with Gasteiger partial charge in [0.25, 0.3) is 0 Å². The Balaban J connectivity index is 6.50. The molecule has 0 heterocycles. The van der Waals surface area contributed by atoms with Crippen LogP contribution in [0.1, 0.15) is 0 Å². The highest BCUT2D eigenvalue weighted by molar-refractivity contribution is 14.3. The van der Waals surface area contributed by atoms with Crippen LogP contribution in [0.15, 0.2) is 0 Å². The molecule has 0 fully saturated rings. The largest absolute Gasteiger partial charge is 0.380 e. The Kier molecular flexibility index (Phi) is 19.5. The lowest BCUT2D eigenvalue weighted by Gasteiger charge is -2.56. The Hall–Kier alpha value is 11.6. The second kappa shape index (κ2) is 13.3. The van der Waals surface area contributed by atoms with E-state index in [0.29, 0.717) is 0 Å². The van der Waals surface area contributed by atoms with Crippen LogP contribution in [-0.4, -0.2) is 17.2 Å². The topological polar surface area (TPSA) is 20.2 Å². The predicted molar refractivity (Wildman–Crippen MR) is 249 cm³/mol. The fourth-order valence-electron chi connectivity index (χ4n) is 1.13. The summed E-state index contributed by atoms with van der Waals surface area (Å²) in [5, 5.41) is 10.5. The quantitative estimate of drug-likeness (QED) is 0.199. The van der Waals surface area contributed by atoms with E-state index in [1.165, 1.54) is 0 Å².